The highest BCUT2D eigenvalue weighted by Crippen LogP contribution is 2.14. The van der Waals surface area contributed by atoms with Crippen molar-refractivity contribution in [2.45, 2.75) is 6.42 Å². The van der Waals surface area contributed by atoms with E-state index < -0.39 is 0 Å². The first-order chi connectivity index (χ1) is 6.72. The Bertz CT molecular complexity index is 317. The Balaban J connectivity index is 2.35. The maximum absolute atomic E-state index is 10.8. The van der Waals surface area contributed by atoms with Crippen molar-refractivity contribution >= 4 is 23.2 Å². The van der Waals surface area contributed by atoms with Crippen molar-refractivity contribution in [3.8, 4) is 0 Å². The van der Waals surface area contributed by atoms with Gasteiger partial charge in [-0.15, -0.1) is 0 Å². The molecule has 0 aromatic heterocycles. The Hall–Kier alpha value is -1.26. The van der Waals surface area contributed by atoms with Gasteiger partial charge in [-0.2, -0.15) is 0 Å². The highest BCUT2D eigenvalue weighted by atomic mass is 35.5. The van der Waals surface area contributed by atoms with Crippen LogP contribution in [0.1, 0.15) is 6.42 Å². The van der Waals surface area contributed by atoms with Gasteiger partial charge in [0.15, 0.2) is 0 Å². The van der Waals surface area contributed by atoms with Crippen molar-refractivity contribution in [3.05, 3.63) is 29.3 Å². The lowest BCUT2D eigenvalue weighted by Gasteiger charge is -2.05. The molecule has 0 fully saturated rings. The van der Waals surface area contributed by atoms with Crippen LogP contribution in [0.2, 0.25) is 5.02 Å². The Kier molecular flexibility index (Phi) is 4.22. The van der Waals surface area contributed by atoms with E-state index in [1.54, 1.807) is 12.1 Å². The normalized spacial score (nSPS) is 9.57. The third kappa shape index (κ3) is 3.64. The van der Waals surface area contributed by atoms with Crippen molar-refractivity contribution in [1.82, 2.24) is 5.43 Å². The average molecular weight is 214 g/mol. The van der Waals surface area contributed by atoms with Crippen LogP contribution in [0, 0.1) is 0 Å². The molecular weight excluding hydrogens is 202 g/mol. The second-order valence-corrected chi connectivity index (χ2v) is 3.19. The molecule has 0 spiro atoms. The number of amides is 1. The van der Waals surface area contributed by atoms with Gasteiger partial charge in [0.1, 0.15) is 0 Å². The molecule has 1 amide bonds. The molecule has 0 heterocycles. The van der Waals surface area contributed by atoms with E-state index in [9.17, 15) is 4.79 Å². The number of carbonyl (C=O) groups excluding carboxylic acids is 1. The summed E-state index contributed by atoms with van der Waals surface area (Å²) < 4.78 is 0. The zero-order chi connectivity index (χ0) is 10.4. The van der Waals surface area contributed by atoms with Crippen molar-refractivity contribution < 1.29 is 4.79 Å². The van der Waals surface area contributed by atoms with E-state index in [2.05, 4.69) is 10.7 Å². The number of halogens is 1. The first-order valence-electron chi connectivity index (χ1n) is 4.21. The second kappa shape index (κ2) is 5.47. The Labute approximate surface area is 87.4 Å². The average Bonchev–Trinajstić information content (AvgIpc) is 2.17. The lowest BCUT2D eigenvalue weighted by atomic mass is 10.3. The summed E-state index contributed by atoms with van der Waals surface area (Å²) in [5.74, 6) is 4.73. The van der Waals surface area contributed by atoms with Crippen LogP contribution in [0.15, 0.2) is 24.3 Å². The Morgan fingerprint density at radius 2 is 2.29 bits per heavy atom. The van der Waals surface area contributed by atoms with Crippen molar-refractivity contribution in [2.24, 2.45) is 5.84 Å². The third-order valence-electron chi connectivity index (χ3n) is 1.67. The fourth-order valence-electron chi connectivity index (χ4n) is 0.991. The number of hydrazine groups is 1. The van der Waals surface area contributed by atoms with Crippen LogP contribution in [0.25, 0.3) is 0 Å². The lowest BCUT2D eigenvalue weighted by Crippen LogP contribution is -2.31. The van der Waals surface area contributed by atoms with Crippen LogP contribution in [0.3, 0.4) is 0 Å². The maximum Gasteiger partial charge on any atom is 0.235 e. The zero-order valence-corrected chi connectivity index (χ0v) is 8.34. The number of benzene rings is 1. The molecule has 0 aliphatic carbocycles. The minimum absolute atomic E-state index is 0.195. The van der Waals surface area contributed by atoms with Crippen molar-refractivity contribution in [1.29, 1.82) is 0 Å². The van der Waals surface area contributed by atoms with Gasteiger partial charge in [0.2, 0.25) is 5.91 Å². The predicted molar refractivity (Wildman–Crippen MR) is 56.9 cm³/mol. The minimum atomic E-state index is -0.195. The highest BCUT2D eigenvalue weighted by Gasteiger charge is 1.97. The summed E-state index contributed by atoms with van der Waals surface area (Å²) in [5, 5.41) is 3.71. The molecule has 5 heteroatoms. The molecule has 14 heavy (non-hydrogen) atoms. The van der Waals surface area contributed by atoms with E-state index in [0.29, 0.717) is 18.0 Å². The summed E-state index contributed by atoms with van der Waals surface area (Å²) in [6.07, 6.45) is 0.336. The van der Waals surface area contributed by atoms with Gasteiger partial charge in [0.05, 0.1) is 0 Å². The van der Waals surface area contributed by atoms with Gasteiger partial charge < -0.3 is 5.32 Å². The van der Waals surface area contributed by atoms with Crippen LogP contribution < -0.4 is 16.6 Å². The fourth-order valence-corrected chi connectivity index (χ4v) is 1.18. The van der Waals surface area contributed by atoms with E-state index in [1.807, 2.05) is 12.1 Å². The van der Waals surface area contributed by atoms with E-state index in [4.69, 9.17) is 17.4 Å². The molecule has 0 saturated heterocycles. The van der Waals surface area contributed by atoms with Gasteiger partial charge in [-0.25, -0.2) is 5.84 Å². The van der Waals surface area contributed by atoms with Gasteiger partial charge in [0, 0.05) is 23.7 Å². The molecular formula is C9H12ClN3O. The first kappa shape index (κ1) is 10.8. The highest BCUT2D eigenvalue weighted by molar-refractivity contribution is 6.30. The number of hydrogen-bond acceptors (Lipinski definition) is 3. The fraction of sp³-hybridized carbons (Fsp3) is 0.222. The summed E-state index contributed by atoms with van der Waals surface area (Å²) >= 11 is 5.77. The summed E-state index contributed by atoms with van der Waals surface area (Å²) in [7, 11) is 0. The van der Waals surface area contributed by atoms with Gasteiger partial charge in [-0.1, -0.05) is 17.7 Å². The predicted octanol–water partition coefficient (Wildman–Crippen LogP) is 1.13. The van der Waals surface area contributed by atoms with Crippen LogP contribution in [0.4, 0.5) is 5.69 Å². The molecule has 0 unspecified atom stereocenters. The summed E-state index contributed by atoms with van der Waals surface area (Å²) in [5.41, 5.74) is 2.95. The molecule has 0 aliphatic rings. The van der Waals surface area contributed by atoms with Gasteiger partial charge in [0.25, 0.3) is 0 Å². The van der Waals surface area contributed by atoms with E-state index >= 15 is 0 Å². The quantitative estimate of drug-likeness (QED) is 0.399. The number of nitrogens with one attached hydrogen (secondary N) is 2. The zero-order valence-electron chi connectivity index (χ0n) is 7.59. The third-order valence-corrected chi connectivity index (χ3v) is 1.90. The Morgan fingerprint density at radius 3 is 2.93 bits per heavy atom. The molecule has 4 N–H and O–H groups in total. The number of carbonyl (C=O) groups is 1. The molecule has 0 radical (unpaired) electrons. The summed E-state index contributed by atoms with van der Waals surface area (Å²) in [6, 6.07) is 7.31. The molecule has 1 aromatic carbocycles. The van der Waals surface area contributed by atoms with Crippen LogP contribution in [0.5, 0.6) is 0 Å². The second-order valence-electron chi connectivity index (χ2n) is 2.75. The Morgan fingerprint density at radius 1 is 1.50 bits per heavy atom. The molecule has 1 aromatic rings. The number of nitrogens with two attached hydrogens (primary N) is 1. The number of rotatable bonds is 4. The molecule has 0 bridgehead atoms. The molecule has 1 rings (SSSR count). The SMILES string of the molecule is NNC(=O)CCNc1cccc(Cl)c1. The van der Waals surface area contributed by atoms with Crippen LogP contribution >= 0.6 is 11.6 Å². The molecule has 0 aliphatic heterocycles. The minimum Gasteiger partial charge on any atom is -0.384 e. The standard InChI is InChI=1S/C9H12ClN3O/c10-7-2-1-3-8(6-7)12-5-4-9(14)13-11/h1-3,6,12H,4-5,11H2,(H,13,14). The largest absolute Gasteiger partial charge is 0.384 e. The monoisotopic (exact) mass is 213 g/mol. The van der Waals surface area contributed by atoms with Gasteiger partial charge >= 0.3 is 0 Å². The summed E-state index contributed by atoms with van der Waals surface area (Å²) in [6.45, 7) is 0.531. The molecule has 0 atom stereocenters. The summed E-state index contributed by atoms with van der Waals surface area (Å²) in [4.78, 5) is 10.8. The number of hydrogen-bond donors (Lipinski definition) is 3. The van der Waals surface area contributed by atoms with E-state index in [-0.39, 0.29) is 5.91 Å². The molecule has 76 valence electrons. The smallest absolute Gasteiger partial charge is 0.235 e. The molecule has 4 nitrogen and oxygen atoms in total. The van der Waals surface area contributed by atoms with Crippen molar-refractivity contribution in [2.75, 3.05) is 11.9 Å². The van der Waals surface area contributed by atoms with Gasteiger partial charge in [-0.3, -0.25) is 10.2 Å². The lowest BCUT2D eigenvalue weighted by molar-refractivity contribution is -0.120. The van der Waals surface area contributed by atoms with Crippen molar-refractivity contribution in [3.63, 3.8) is 0 Å². The topological polar surface area (TPSA) is 67.1 Å². The van der Waals surface area contributed by atoms with Gasteiger partial charge in [-0.05, 0) is 18.2 Å². The molecule has 0 saturated carbocycles. The van der Waals surface area contributed by atoms with Crippen LogP contribution in [-0.4, -0.2) is 12.5 Å². The van der Waals surface area contributed by atoms with Crippen LogP contribution in [-0.2, 0) is 4.79 Å². The first-order valence-corrected chi connectivity index (χ1v) is 4.59. The van der Waals surface area contributed by atoms with E-state index in [0.717, 1.165) is 5.69 Å². The number of anilines is 1. The maximum atomic E-state index is 10.8. The van der Waals surface area contributed by atoms with E-state index in [1.165, 1.54) is 0 Å².